The van der Waals surface area contributed by atoms with E-state index in [2.05, 4.69) is 39.1 Å². The molecule has 2 aromatic heterocycles. The normalized spacial score (nSPS) is 24.5. The zero-order chi connectivity index (χ0) is 29.8. The lowest BCUT2D eigenvalue weighted by molar-refractivity contribution is -0.138. The van der Waals surface area contributed by atoms with Crippen molar-refractivity contribution in [1.82, 2.24) is 29.6 Å². The lowest BCUT2D eigenvalue weighted by Crippen LogP contribution is -2.43. The van der Waals surface area contributed by atoms with E-state index in [0.29, 0.717) is 47.8 Å². The second-order valence-electron chi connectivity index (χ2n) is 12.3. The average molecular weight is 583 g/mol. The number of nitrogens with one attached hydrogen (secondary N) is 1. The van der Waals surface area contributed by atoms with Crippen LogP contribution in [0.15, 0.2) is 24.5 Å². The van der Waals surface area contributed by atoms with Gasteiger partial charge in [-0.15, -0.1) is 0 Å². The maximum Gasteiger partial charge on any atom is 0.416 e. The Labute approximate surface area is 243 Å². The Morgan fingerprint density at radius 2 is 1.90 bits per heavy atom. The van der Waals surface area contributed by atoms with Crippen LogP contribution in [0.3, 0.4) is 0 Å². The van der Waals surface area contributed by atoms with Gasteiger partial charge in [-0.25, -0.2) is 9.97 Å². The van der Waals surface area contributed by atoms with Gasteiger partial charge in [0.15, 0.2) is 5.82 Å². The first-order chi connectivity index (χ1) is 20.0. The van der Waals surface area contributed by atoms with Crippen molar-refractivity contribution >= 4 is 17.7 Å². The minimum atomic E-state index is -4.60. The number of hydrogen-bond donors (Lipinski definition) is 1. The number of amides is 1. The summed E-state index contributed by atoms with van der Waals surface area (Å²) in [5, 5.41) is 7.79. The molecule has 1 aromatic carbocycles. The van der Waals surface area contributed by atoms with Crippen LogP contribution < -0.4 is 10.2 Å². The summed E-state index contributed by atoms with van der Waals surface area (Å²) in [6, 6.07) is 4.70. The number of carbonyl (C=O) groups is 1. The van der Waals surface area contributed by atoms with Gasteiger partial charge < -0.3 is 5.32 Å². The number of carbonyl (C=O) groups excluding carboxylic acids is 1. The zero-order valence-corrected chi connectivity index (χ0v) is 24.5. The molecule has 3 aromatic rings. The van der Waals surface area contributed by atoms with E-state index in [9.17, 15) is 18.0 Å². The van der Waals surface area contributed by atoms with Crippen molar-refractivity contribution in [3.05, 3.63) is 58.3 Å². The topological polar surface area (TPSA) is 92.1 Å². The van der Waals surface area contributed by atoms with Gasteiger partial charge in [-0.05, 0) is 74.2 Å². The predicted molar refractivity (Wildman–Crippen MR) is 152 cm³/mol. The first-order valence-corrected chi connectivity index (χ1v) is 14.7. The summed E-state index contributed by atoms with van der Waals surface area (Å²) in [6.45, 7) is 8.61. The van der Waals surface area contributed by atoms with Crippen LogP contribution in [0.1, 0.15) is 85.0 Å². The van der Waals surface area contributed by atoms with Crippen LogP contribution in [-0.4, -0.2) is 55.2 Å². The number of alkyl halides is 3. The summed E-state index contributed by atoms with van der Waals surface area (Å²) in [4.78, 5) is 31.2. The number of aryl methyl sites for hydroxylation is 1. The van der Waals surface area contributed by atoms with E-state index < -0.39 is 23.1 Å². The minimum Gasteiger partial charge on any atom is -0.370 e. The molecule has 0 bridgehead atoms. The van der Waals surface area contributed by atoms with Gasteiger partial charge in [-0.3, -0.25) is 19.3 Å². The lowest BCUT2D eigenvalue weighted by atomic mass is 9.60. The Hall–Kier alpha value is -3.54. The van der Waals surface area contributed by atoms with Crippen molar-refractivity contribution in [3.63, 3.8) is 0 Å². The standard InChI is InChI=1S/C30H37F3N8O/c1-5-34-25-11-24(29(12-19(3)13-29)27-35-17-39(4)38-27)36-28(37-25)41-16-22-21(26(41)42)9-20(10-23(22)30(31,32)33)15-40-8-6-7-18(2)14-40/h9-11,17-19H,5-8,12-16H2,1-4H3,(H,34,36,37)/t18-,19?,29?/m0/s1. The highest BCUT2D eigenvalue weighted by Crippen LogP contribution is 2.51. The van der Waals surface area contributed by atoms with Crippen molar-refractivity contribution in [3.8, 4) is 0 Å². The molecule has 9 nitrogen and oxygen atoms in total. The second kappa shape index (κ2) is 10.6. The molecule has 1 amide bonds. The van der Waals surface area contributed by atoms with Gasteiger partial charge in [0.2, 0.25) is 5.95 Å². The zero-order valence-electron chi connectivity index (χ0n) is 24.5. The number of hydrogen-bond acceptors (Lipinski definition) is 7. The molecule has 2 aliphatic heterocycles. The molecule has 2 fully saturated rings. The molecule has 1 atom stereocenters. The predicted octanol–water partition coefficient (Wildman–Crippen LogP) is 5.16. The molecule has 0 spiro atoms. The molecule has 12 heteroatoms. The Morgan fingerprint density at radius 1 is 1.12 bits per heavy atom. The van der Waals surface area contributed by atoms with Gasteiger partial charge in [-0.2, -0.15) is 23.3 Å². The highest BCUT2D eigenvalue weighted by molar-refractivity contribution is 6.09. The van der Waals surface area contributed by atoms with E-state index in [4.69, 9.17) is 4.98 Å². The third kappa shape index (κ3) is 5.14. The van der Waals surface area contributed by atoms with Crippen LogP contribution in [0.5, 0.6) is 0 Å². The lowest BCUT2D eigenvalue weighted by Gasteiger charge is -2.44. The van der Waals surface area contributed by atoms with E-state index in [1.807, 2.05) is 13.0 Å². The molecule has 4 heterocycles. The summed E-state index contributed by atoms with van der Waals surface area (Å²) >= 11 is 0. The fourth-order valence-corrected chi connectivity index (χ4v) is 6.93. The molecule has 1 aliphatic carbocycles. The van der Waals surface area contributed by atoms with E-state index in [1.54, 1.807) is 24.1 Å². The summed E-state index contributed by atoms with van der Waals surface area (Å²) in [6.07, 6.45) is 0.718. The number of piperidine rings is 1. The van der Waals surface area contributed by atoms with Crippen LogP contribution in [0.4, 0.5) is 24.9 Å². The van der Waals surface area contributed by atoms with Gasteiger partial charge in [-0.1, -0.05) is 13.8 Å². The number of halogens is 3. The molecule has 0 unspecified atom stereocenters. The van der Waals surface area contributed by atoms with Gasteiger partial charge in [0, 0.05) is 38.3 Å². The number of benzene rings is 1. The molecule has 1 saturated heterocycles. The Morgan fingerprint density at radius 3 is 2.55 bits per heavy atom. The smallest absolute Gasteiger partial charge is 0.370 e. The third-order valence-electron chi connectivity index (χ3n) is 8.78. The number of nitrogens with zero attached hydrogens (tertiary/aromatic N) is 7. The fourth-order valence-electron chi connectivity index (χ4n) is 6.93. The fraction of sp³-hybridized carbons (Fsp3) is 0.567. The van der Waals surface area contributed by atoms with Crippen molar-refractivity contribution in [2.24, 2.45) is 18.9 Å². The largest absolute Gasteiger partial charge is 0.416 e. The number of likely N-dealkylation sites (tertiary alicyclic amines) is 1. The van der Waals surface area contributed by atoms with Crippen molar-refractivity contribution in [2.75, 3.05) is 29.9 Å². The average Bonchev–Trinajstić information content (AvgIpc) is 3.49. The van der Waals surface area contributed by atoms with Crippen molar-refractivity contribution in [1.29, 1.82) is 0 Å². The van der Waals surface area contributed by atoms with Crippen molar-refractivity contribution < 1.29 is 18.0 Å². The highest BCUT2D eigenvalue weighted by Gasteiger charge is 2.50. The highest BCUT2D eigenvalue weighted by atomic mass is 19.4. The monoisotopic (exact) mass is 582 g/mol. The van der Waals surface area contributed by atoms with E-state index in [0.717, 1.165) is 38.8 Å². The number of rotatable bonds is 7. The summed E-state index contributed by atoms with van der Waals surface area (Å²) in [5.41, 5.74) is -0.123. The Kier molecular flexibility index (Phi) is 7.23. The Bertz CT molecular complexity index is 1500. The first-order valence-electron chi connectivity index (χ1n) is 14.7. The quantitative estimate of drug-likeness (QED) is 0.411. The molecular weight excluding hydrogens is 545 g/mol. The minimum absolute atomic E-state index is 0.0272. The molecule has 1 saturated carbocycles. The second-order valence-corrected chi connectivity index (χ2v) is 12.3. The molecule has 1 N–H and O–H groups in total. The summed E-state index contributed by atoms with van der Waals surface area (Å²) in [7, 11) is 1.81. The summed E-state index contributed by atoms with van der Waals surface area (Å²) < 4.78 is 44.8. The molecule has 224 valence electrons. The van der Waals surface area contributed by atoms with Gasteiger partial charge in [0.05, 0.1) is 23.2 Å². The number of fused-ring (bicyclic) bond motifs is 1. The third-order valence-corrected chi connectivity index (χ3v) is 8.78. The summed E-state index contributed by atoms with van der Waals surface area (Å²) in [5.74, 6) is 1.62. The van der Waals surface area contributed by atoms with Gasteiger partial charge in [0.1, 0.15) is 12.1 Å². The van der Waals surface area contributed by atoms with E-state index in [-0.39, 0.29) is 23.6 Å². The van der Waals surface area contributed by atoms with Crippen LogP contribution in [-0.2, 0) is 31.7 Å². The number of anilines is 2. The molecule has 3 aliphatic rings. The van der Waals surface area contributed by atoms with Crippen LogP contribution >= 0.6 is 0 Å². The molecule has 42 heavy (non-hydrogen) atoms. The molecule has 6 rings (SSSR count). The van der Waals surface area contributed by atoms with E-state index in [1.165, 1.54) is 11.0 Å². The maximum atomic E-state index is 14.4. The SMILES string of the molecule is CCNc1cc(C2(c3ncn(C)n3)CC(C)C2)nc(N2Cc3c(cc(CN4CCC[C@H](C)C4)cc3C(F)(F)F)C2=O)n1. The molecule has 0 radical (unpaired) electrons. The van der Waals surface area contributed by atoms with Crippen molar-refractivity contribution in [2.45, 2.75) is 71.1 Å². The first kappa shape index (κ1) is 28.6. The van der Waals surface area contributed by atoms with Crippen LogP contribution in [0.25, 0.3) is 0 Å². The van der Waals surface area contributed by atoms with E-state index >= 15 is 0 Å². The maximum absolute atomic E-state index is 14.4. The van der Waals surface area contributed by atoms with Gasteiger partial charge >= 0.3 is 6.18 Å². The van der Waals surface area contributed by atoms with Gasteiger partial charge in [0.25, 0.3) is 5.91 Å². The van der Waals surface area contributed by atoms with Crippen LogP contribution in [0, 0.1) is 11.8 Å². The Balaban J connectivity index is 1.39. The number of aromatic nitrogens is 5. The van der Waals surface area contributed by atoms with Crippen LogP contribution in [0.2, 0.25) is 0 Å². The molecular formula is C30H37F3N8O.